The van der Waals surface area contributed by atoms with Gasteiger partial charge in [0.05, 0.1) is 0 Å². The van der Waals surface area contributed by atoms with Crippen LogP contribution in [0.25, 0.3) is 0 Å². The summed E-state index contributed by atoms with van der Waals surface area (Å²) in [7, 11) is 0. The Morgan fingerprint density at radius 1 is 1.31 bits per heavy atom. The fraction of sp³-hybridized carbons (Fsp3) is 0.833. The molecule has 13 heavy (non-hydrogen) atoms. The highest BCUT2D eigenvalue weighted by Crippen LogP contribution is 2.34. The van der Waals surface area contributed by atoms with Gasteiger partial charge in [-0.15, -0.1) is 0 Å². The van der Waals surface area contributed by atoms with Crippen LogP contribution < -0.4 is 5.32 Å². The highest BCUT2D eigenvalue weighted by Gasteiger charge is 2.25. The molecule has 0 aromatic rings. The third kappa shape index (κ3) is 3.95. The van der Waals surface area contributed by atoms with E-state index in [1.165, 1.54) is 44.2 Å². The van der Waals surface area contributed by atoms with Gasteiger partial charge in [0.1, 0.15) is 0 Å². The molecule has 76 valence electrons. The summed E-state index contributed by atoms with van der Waals surface area (Å²) in [4.78, 5) is 0. The highest BCUT2D eigenvalue weighted by atomic mass is 14.9. The Morgan fingerprint density at radius 2 is 1.92 bits per heavy atom. The first-order valence-corrected chi connectivity index (χ1v) is 5.47. The van der Waals surface area contributed by atoms with E-state index in [0.717, 1.165) is 6.54 Å². The molecule has 0 aromatic heterocycles. The summed E-state index contributed by atoms with van der Waals surface area (Å²) in [5, 5.41) is 3.50. The summed E-state index contributed by atoms with van der Waals surface area (Å²) >= 11 is 0. The second-order valence-electron chi connectivity index (χ2n) is 4.93. The van der Waals surface area contributed by atoms with Gasteiger partial charge in [-0.3, -0.25) is 0 Å². The molecule has 0 aromatic carbocycles. The standard InChI is InChI=1S/C12H23N/c1-11(2)9-13-10-12(3)7-5-4-6-8-12/h13H,1,4-10H2,2-3H3. The summed E-state index contributed by atoms with van der Waals surface area (Å²) in [6.07, 6.45) is 7.08. The molecule has 1 N–H and O–H groups in total. The first kappa shape index (κ1) is 10.8. The predicted molar refractivity (Wildman–Crippen MR) is 58.9 cm³/mol. The third-order valence-corrected chi connectivity index (χ3v) is 3.04. The molecule has 0 unspecified atom stereocenters. The van der Waals surface area contributed by atoms with Crippen molar-refractivity contribution in [3.8, 4) is 0 Å². The van der Waals surface area contributed by atoms with Crippen LogP contribution in [0.3, 0.4) is 0 Å². The van der Waals surface area contributed by atoms with Crippen molar-refractivity contribution in [2.75, 3.05) is 13.1 Å². The molecule has 0 spiro atoms. The van der Waals surface area contributed by atoms with Gasteiger partial charge >= 0.3 is 0 Å². The Bertz CT molecular complexity index is 166. The van der Waals surface area contributed by atoms with E-state index >= 15 is 0 Å². The number of hydrogen-bond donors (Lipinski definition) is 1. The maximum Gasteiger partial charge on any atom is 0.0159 e. The minimum Gasteiger partial charge on any atom is -0.312 e. The van der Waals surface area contributed by atoms with Crippen molar-refractivity contribution in [2.24, 2.45) is 5.41 Å². The van der Waals surface area contributed by atoms with E-state index in [4.69, 9.17) is 0 Å². The van der Waals surface area contributed by atoms with Crippen molar-refractivity contribution in [3.05, 3.63) is 12.2 Å². The van der Waals surface area contributed by atoms with E-state index in [1.807, 2.05) is 0 Å². The molecule has 1 rings (SSSR count). The Hall–Kier alpha value is -0.300. The van der Waals surface area contributed by atoms with Crippen LogP contribution in [0.2, 0.25) is 0 Å². The van der Waals surface area contributed by atoms with Gasteiger partial charge in [-0.1, -0.05) is 38.3 Å². The van der Waals surface area contributed by atoms with Gasteiger partial charge in [0.2, 0.25) is 0 Å². The normalized spacial score (nSPS) is 21.4. The average Bonchev–Trinajstić information content (AvgIpc) is 2.04. The molecule has 1 nitrogen and oxygen atoms in total. The molecular formula is C12H23N. The van der Waals surface area contributed by atoms with Gasteiger partial charge in [-0.2, -0.15) is 0 Å². The van der Waals surface area contributed by atoms with Gasteiger partial charge in [-0.25, -0.2) is 0 Å². The zero-order valence-electron chi connectivity index (χ0n) is 9.16. The molecule has 0 aliphatic heterocycles. The van der Waals surface area contributed by atoms with E-state index in [2.05, 4.69) is 25.7 Å². The van der Waals surface area contributed by atoms with Crippen LogP contribution >= 0.6 is 0 Å². The zero-order chi connectivity index (χ0) is 9.73. The summed E-state index contributed by atoms with van der Waals surface area (Å²) < 4.78 is 0. The number of rotatable bonds is 4. The zero-order valence-corrected chi connectivity index (χ0v) is 9.16. The second-order valence-corrected chi connectivity index (χ2v) is 4.93. The van der Waals surface area contributed by atoms with Crippen LogP contribution in [-0.2, 0) is 0 Å². The molecule has 1 heteroatoms. The fourth-order valence-corrected chi connectivity index (χ4v) is 2.16. The summed E-state index contributed by atoms with van der Waals surface area (Å²) in [6, 6.07) is 0. The first-order chi connectivity index (χ1) is 6.12. The maximum atomic E-state index is 3.90. The van der Waals surface area contributed by atoms with E-state index in [-0.39, 0.29) is 0 Å². The van der Waals surface area contributed by atoms with Gasteiger partial charge in [0.15, 0.2) is 0 Å². The molecule has 0 radical (unpaired) electrons. The molecule has 1 saturated carbocycles. The lowest BCUT2D eigenvalue weighted by atomic mass is 9.76. The van der Waals surface area contributed by atoms with Crippen LogP contribution in [0.15, 0.2) is 12.2 Å². The van der Waals surface area contributed by atoms with Crippen molar-refractivity contribution >= 4 is 0 Å². The molecule has 0 heterocycles. The van der Waals surface area contributed by atoms with Gasteiger partial charge in [-0.05, 0) is 25.2 Å². The van der Waals surface area contributed by atoms with Crippen LogP contribution in [0.4, 0.5) is 0 Å². The summed E-state index contributed by atoms with van der Waals surface area (Å²) in [5.74, 6) is 0. The highest BCUT2D eigenvalue weighted by molar-refractivity contribution is 4.92. The predicted octanol–water partition coefficient (Wildman–Crippen LogP) is 3.12. The molecule has 0 atom stereocenters. The van der Waals surface area contributed by atoms with Gasteiger partial charge < -0.3 is 5.32 Å². The van der Waals surface area contributed by atoms with Crippen molar-refractivity contribution in [3.63, 3.8) is 0 Å². The van der Waals surface area contributed by atoms with Crippen molar-refractivity contribution in [1.29, 1.82) is 0 Å². The lowest BCUT2D eigenvalue weighted by Crippen LogP contribution is -2.34. The molecule has 1 aliphatic rings. The molecule has 0 amide bonds. The van der Waals surface area contributed by atoms with E-state index in [0.29, 0.717) is 5.41 Å². The Labute approximate surface area is 82.6 Å². The largest absolute Gasteiger partial charge is 0.312 e. The maximum absolute atomic E-state index is 3.90. The van der Waals surface area contributed by atoms with Crippen LogP contribution in [0, 0.1) is 5.41 Å². The van der Waals surface area contributed by atoms with E-state index < -0.39 is 0 Å². The van der Waals surface area contributed by atoms with Gasteiger partial charge in [0, 0.05) is 13.1 Å². The van der Waals surface area contributed by atoms with Crippen molar-refractivity contribution < 1.29 is 0 Å². The van der Waals surface area contributed by atoms with Crippen LogP contribution in [-0.4, -0.2) is 13.1 Å². The quantitative estimate of drug-likeness (QED) is 0.657. The van der Waals surface area contributed by atoms with Gasteiger partial charge in [0.25, 0.3) is 0 Å². The van der Waals surface area contributed by atoms with Crippen LogP contribution in [0.5, 0.6) is 0 Å². The molecule has 1 aliphatic carbocycles. The Morgan fingerprint density at radius 3 is 2.46 bits per heavy atom. The SMILES string of the molecule is C=C(C)CNCC1(C)CCCCC1. The Balaban J connectivity index is 2.21. The summed E-state index contributed by atoms with van der Waals surface area (Å²) in [5.41, 5.74) is 1.80. The number of nitrogens with one attached hydrogen (secondary N) is 1. The average molecular weight is 181 g/mol. The molecule has 1 fully saturated rings. The Kier molecular flexibility index (Phi) is 3.98. The minimum atomic E-state index is 0.563. The van der Waals surface area contributed by atoms with Crippen molar-refractivity contribution in [1.82, 2.24) is 5.32 Å². The smallest absolute Gasteiger partial charge is 0.0159 e. The minimum absolute atomic E-state index is 0.563. The van der Waals surface area contributed by atoms with E-state index in [9.17, 15) is 0 Å². The van der Waals surface area contributed by atoms with E-state index in [1.54, 1.807) is 0 Å². The lowest BCUT2D eigenvalue weighted by molar-refractivity contribution is 0.210. The van der Waals surface area contributed by atoms with Crippen LogP contribution in [0.1, 0.15) is 46.0 Å². The molecular weight excluding hydrogens is 158 g/mol. The second kappa shape index (κ2) is 4.80. The third-order valence-electron chi connectivity index (χ3n) is 3.04. The summed E-state index contributed by atoms with van der Waals surface area (Å²) in [6.45, 7) is 10.5. The lowest BCUT2D eigenvalue weighted by Gasteiger charge is -2.33. The molecule has 0 bridgehead atoms. The molecule has 0 saturated heterocycles. The first-order valence-electron chi connectivity index (χ1n) is 5.47. The number of hydrogen-bond acceptors (Lipinski definition) is 1. The van der Waals surface area contributed by atoms with Crippen molar-refractivity contribution in [2.45, 2.75) is 46.0 Å². The monoisotopic (exact) mass is 181 g/mol. The fourth-order valence-electron chi connectivity index (χ4n) is 2.16. The topological polar surface area (TPSA) is 12.0 Å².